The SMILES string of the molecule is CCOc1cccc2c1N(C)C(C(=O)O)C2. The molecule has 0 spiro atoms. The van der Waals surface area contributed by atoms with E-state index in [9.17, 15) is 4.79 Å². The van der Waals surface area contributed by atoms with E-state index in [2.05, 4.69) is 0 Å². The van der Waals surface area contributed by atoms with Crippen LogP contribution in [-0.2, 0) is 11.2 Å². The molecule has 1 unspecified atom stereocenters. The summed E-state index contributed by atoms with van der Waals surface area (Å²) in [7, 11) is 1.80. The molecule has 1 aromatic rings. The highest BCUT2D eigenvalue weighted by atomic mass is 16.5. The Labute approximate surface area is 94.4 Å². The van der Waals surface area contributed by atoms with Gasteiger partial charge in [0, 0.05) is 13.5 Å². The number of hydrogen-bond acceptors (Lipinski definition) is 3. The van der Waals surface area contributed by atoms with E-state index in [-0.39, 0.29) is 0 Å². The number of hydrogen-bond donors (Lipinski definition) is 1. The largest absolute Gasteiger partial charge is 0.492 e. The Balaban J connectivity index is 2.39. The standard InChI is InChI=1S/C12H15NO3/c1-3-16-10-6-4-5-8-7-9(12(14)15)13(2)11(8)10/h4-6,9H,3,7H2,1-2H3,(H,14,15). The van der Waals surface area contributed by atoms with Crippen LogP contribution in [-0.4, -0.2) is 30.8 Å². The molecule has 0 aliphatic carbocycles. The van der Waals surface area contributed by atoms with Crippen molar-refractivity contribution in [2.24, 2.45) is 0 Å². The molecule has 2 rings (SSSR count). The van der Waals surface area contributed by atoms with Crippen molar-refractivity contribution in [2.45, 2.75) is 19.4 Å². The second-order valence-electron chi connectivity index (χ2n) is 3.87. The number of carboxylic acids is 1. The lowest BCUT2D eigenvalue weighted by molar-refractivity contribution is -0.138. The van der Waals surface area contributed by atoms with E-state index in [4.69, 9.17) is 9.84 Å². The number of ether oxygens (including phenoxy) is 1. The van der Waals surface area contributed by atoms with Crippen molar-refractivity contribution >= 4 is 11.7 Å². The van der Waals surface area contributed by atoms with Gasteiger partial charge in [-0.2, -0.15) is 0 Å². The fraction of sp³-hybridized carbons (Fsp3) is 0.417. The molecule has 1 heterocycles. The van der Waals surface area contributed by atoms with E-state index < -0.39 is 12.0 Å². The number of rotatable bonds is 3. The molecule has 0 saturated carbocycles. The molecule has 1 N–H and O–H groups in total. The van der Waals surface area contributed by atoms with Gasteiger partial charge >= 0.3 is 5.97 Å². The van der Waals surface area contributed by atoms with Crippen LogP contribution in [0.15, 0.2) is 18.2 Å². The van der Waals surface area contributed by atoms with Crippen molar-refractivity contribution in [3.05, 3.63) is 23.8 Å². The lowest BCUT2D eigenvalue weighted by atomic mass is 10.1. The number of aliphatic carboxylic acids is 1. The second-order valence-corrected chi connectivity index (χ2v) is 3.87. The summed E-state index contributed by atoms with van der Waals surface area (Å²) in [4.78, 5) is 12.8. The van der Waals surface area contributed by atoms with Crippen LogP contribution in [0, 0.1) is 0 Å². The first-order chi connectivity index (χ1) is 7.65. The highest BCUT2D eigenvalue weighted by molar-refractivity contribution is 5.84. The van der Waals surface area contributed by atoms with Crippen LogP contribution in [0.3, 0.4) is 0 Å². The van der Waals surface area contributed by atoms with Crippen LogP contribution in [0.2, 0.25) is 0 Å². The third-order valence-corrected chi connectivity index (χ3v) is 2.90. The number of carbonyl (C=O) groups is 1. The summed E-state index contributed by atoms with van der Waals surface area (Å²) in [6.45, 7) is 2.51. The summed E-state index contributed by atoms with van der Waals surface area (Å²) in [6.07, 6.45) is 0.544. The fourth-order valence-electron chi connectivity index (χ4n) is 2.16. The number of nitrogens with zero attached hydrogens (tertiary/aromatic N) is 1. The monoisotopic (exact) mass is 221 g/mol. The van der Waals surface area contributed by atoms with Crippen molar-refractivity contribution in [1.29, 1.82) is 0 Å². The van der Waals surface area contributed by atoms with Crippen molar-refractivity contribution in [3.63, 3.8) is 0 Å². The summed E-state index contributed by atoms with van der Waals surface area (Å²) in [5.74, 6) is -0.0209. The molecule has 4 heteroatoms. The van der Waals surface area contributed by atoms with Gasteiger partial charge in [0.2, 0.25) is 0 Å². The zero-order valence-electron chi connectivity index (χ0n) is 9.43. The Hall–Kier alpha value is -1.71. The Morgan fingerprint density at radius 3 is 3.00 bits per heavy atom. The molecule has 0 radical (unpaired) electrons. The minimum Gasteiger partial charge on any atom is -0.492 e. The molecule has 1 aromatic carbocycles. The molecule has 1 aliphatic rings. The van der Waals surface area contributed by atoms with E-state index >= 15 is 0 Å². The molecule has 0 fully saturated rings. The quantitative estimate of drug-likeness (QED) is 0.841. The minimum absolute atomic E-state index is 0.475. The van der Waals surface area contributed by atoms with E-state index in [1.54, 1.807) is 11.9 Å². The summed E-state index contributed by atoms with van der Waals surface area (Å²) >= 11 is 0. The molecule has 0 bridgehead atoms. The molecule has 16 heavy (non-hydrogen) atoms. The second kappa shape index (κ2) is 4.04. The average Bonchev–Trinajstić information content (AvgIpc) is 2.58. The first kappa shape index (κ1) is 10.8. The number of carboxylic acid groups (broad SMARTS) is 1. The lowest BCUT2D eigenvalue weighted by Gasteiger charge is -2.20. The highest BCUT2D eigenvalue weighted by Gasteiger charge is 2.33. The first-order valence-corrected chi connectivity index (χ1v) is 5.35. The molecule has 86 valence electrons. The van der Waals surface area contributed by atoms with Crippen molar-refractivity contribution in [3.8, 4) is 5.75 Å². The van der Waals surface area contributed by atoms with Crippen molar-refractivity contribution in [2.75, 3.05) is 18.6 Å². The zero-order chi connectivity index (χ0) is 11.7. The summed E-state index contributed by atoms with van der Waals surface area (Å²) < 4.78 is 5.51. The molecule has 4 nitrogen and oxygen atoms in total. The number of para-hydroxylation sites is 1. The van der Waals surface area contributed by atoms with E-state index in [1.165, 1.54) is 0 Å². The smallest absolute Gasteiger partial charge is 0.326 e. The molecule has 1 aliphatic heterocycles. The van der Waals surface area contributed by atoms with Gasteiger partial charge in [-0.25, -0.2) is 4.79 Å². The molecule has 0 amide bonds. The molecular formula is C12H15NO3. The summed E-state index contributed by atoms with van der Waals surface area (Å²) in [6, 6.07) is 5.26. The maximum absolute atomic E-state index is 11.1. The third kappa shape index (κ3) is 1.60. The van der Waals surface area contributed by atoms with E-state index in [0.29, 0.717) is 13.0 Å². The van der Waals surface area contributed by atoms with Crippen LogP contribution in [0.5, 0.6) is 5.75 Å². The predicted molar refractivity (Wildman–Crippen MR) is 61.1 cm³/mol. The molecule has 0 aromatic heterocycles. The summed E-state index contributed by atoms with van der Waals surface area (Å²) in [5.41, 5.74) is 1.96. The predicted octanol–water partition coefficient (Wildman–Crippen LogP) is 1.53. The maximum atomic E-state index is 11.1. The summed E-state index contributed by atoms with van der Waals surface area (Å²) in [5, 5.41) is 9.09. The third-order valence-electron chi connectivity index (χ3n) is 2.90. The van der Waals surface area contributed by atoms with Gasteiger partial charge < -0.3 is 14.7 Å². The molecule has 0 saturated heterocycles. The van der Waals surface area contributed by atoms with Crippen LogP contribution in [0.1, 0.15) is 12.5 Å². The Morgan fingerprint density at radius 1 is 1.62 bits per heavy atom. The maximum Gasteiger partial charge on any atom is 0.326 e. The lowest BCUT2D eigenvalue weighted by Crippen LogP contribution is -2.35. The van der Waals surface area contributed by atoms with E-state index in [0.717, 1.165) is 17.0 Å². The fourth-order valence-corrected chi connectivity index (χ4v) is 2.16. The Morgan fingerprint density at radius 2 is 2.38 bits per heavy atom. The van der Waals surface area contributed by atoms with Crippen molar-refractivity contribution in [1.82, 2.24) is 0 Å². The topological polar surface area (TPSA) is 49.8 Å². The van der Waals surface area contributed by atoms with Gasteiger partial charge in [-0.3, -0.25) is 0 Å². The van der Waals surface area contributed by atoms with Crippen LogP contribution in [0.25, 0.3) is 0 Å². The normalized spacial score (nSPS) is 18.4. The van der Waals surface area contributed by atoms with Gasteiger partial charge in [0.25, 0.3) is 0 Å². The van der Waals surface area contributed by atoms with Crippen LogP contribution in [0.4, 0.5) is 5.69 Å². The first-order valence-electron chi connectivity index (χ1n) is 5.35. The van der Waals surface area contributed by atoms with Gasteiger partial charge in [-0.05, 0) is 18.6 Å². The van der Waals surface area contributed by atoms with Gasteiger partial charge in [0.05, 0.1) is 12.3 Å². The van der Waals surface area contributed by atoms with Crippen molar-refractivity contribution < 1.29 is 14.6 Å². The molecular weight excluding hydrogens is 206 g/mol. The van der Waals surface area contributed by atoms with Gasteiger partial charge in [-0.15, -0.1) is 0 Å². The molecule has 1 atom stereocenters. The number of anilines is 1. The minimum atomic E-state index is -0.791. The van der Waals surface area contributed by atoms with Gasteiger partial charge in [-0.1, -0.05) is 12.1 Å². The number of fused-ring (bicyclic) bond motifs is 1. The average molecular weight is 221 g/mol. The number of benzene rings is 1. The van der Waals surface area contributed by atoms with Crippen LogP contribution < -0.4 is 9.64 Å². The van der Waals surface area contributed by atoms with Crippen LogP contribution >= 0.6 is 0 Å². The Bertz CT molecular complexity index is 417. The Kier molecular flexibility index (Phi) is 2.73. The highest BCUT2D eigenvalue weighted by Crippen LogP contribution is 2.38. The van der Waals surface area contributed by atoms with Gasteiger partial charge in [0.1, 0.15) is 11.8 Å². The zero-order valence-corrected chi connectivity index (χ0v) is 9.43. The van der Waals surface area contributed by atoms with Gasteiger partial charge in [0.15, 0.2) is 0 Å². The number of likely N-dealkylation sites (N-methyl/N-ethyl adjacent to an activating group) is 1. The van der Waals surface area contributed by atoms with E-state index in [1.807, 2.05) is 25.1 Å².